The first-order valence-electron chi connectivity index (χ1n) is 20.6. The van der Waals surface area contributed by atoms with Gasteiger partial charge in [-0.2, -0.15) is 0 Å². The number of unbranched alkanes of at least 4 members (excludes halogenated alkanes) is 1. The van der Waals surface area contributed by atoms with E-state index in [1.807, 2.05) is 4.61 Å². The van der Waals surface area contributed by atoms with Gasteiger partial charge in [-0.15, -0.1) is 0 Å². The molecule has 6 fully saturated rings. The van der Waals surface area contributed by atoms with Crippen LogP contribution in [0, 0.1) is 0 Å². The van der Waals surface area contributed by atoms with Crippen LogP contribution in [0.15, 0.2) is 0 Å². The average Bonchev–Trinajstić information content (AvgIpc) is 3.12. The molecule has 0 aromatic rings. The quantitative estimate of drug-likeness (QED) is 0.140. The van der Waals surface area contributed by atoms with E-state index in [0.717, 1.165) is 12.8 Å². The van der Waals surface area contributed by atoms with Gasteiger partial charge in [-0.25, -0.2) is 0 Å². The van der Waals surface area contributed by atoms with Crippen LogP contribution >= 0.6 is 35.2 Å². The number of halogens is 2. The second-order valence-corrected chi connectivity index (χ2v) is 28.0. The van der Waals surface area contributed by atoms with Gasteiger partial charge in [0, 0.05) is 0 Å². The zero-order valence-electron chi connectivity index (χ0n) is 29.8. The molecule has 1 N–H and O–H groups in total. The Morgan fingerprint density at radius 2 is 0.630 bits per heavy atom. The molecular weight excluding hydrogens is 730 g/mol. The molecule has 6 heteroatoms. The molecule has 46 heavy (non-hydrogen) atoms. The average molecular weight is 805 g/mol. The molecule has 0 heterocycles. The van der Waals surface area contributed by atoms with Crippen LogP contribution in [0.2, 0.25) is 0 Å². The van der Waals surface area contributed by atoms with Crippen molar-refractivity contribution in [1.29, 1.82) is 0 Å². The molecule has 0 atom stereocenters. The minimum absolute atomic E-state index is 0.228. The second kappa shape index (κ2) is 25.0. The first-order valence-corrected chi connectivity index (χ1v) is 29.2. The van der Waals surface area contributed by atoms with Crippen LogP contribution in [0.1, 0.15) is 205 Å². The van der Waals surface area contributed by atoms with Gasteiger partial charge >= 0.3 is 62.1 Å². The molecule has 0 unspecified atom stereocenters. The molecule has 1 nitrogen and oxygen atoms in total. The van der Waals surface area contributed by atoms with Crippen molar-refractivity contribution in [3.05, 3.63) is 0 Å². The fourth-order valence-electron chi connectivity index (χ4n) is 10.3. The molecule has 6 aliphatic carbocycles. The van der Waals surface area contributed by atoms with Crippen molar-refractivity contribution < 1.29 is 18.6 Å². The fourth-order valence-corrected chi connectivity index (χ4v) is 21.3. The van der Waals surface area contributed by atoms with Gasteiger partial charge in [-0.05, 0) is 111 Å². The normalized spacial score (nSPS) is 25.8. The Balaban J connectivity index is 0.000000170. The third-order valence-corrected chi connectivity index (χ3v) is 23.0. The predicted octanol–water partition coefficient (Wildman–Crippen LogP) is 14.4. The van der Waals surface area contributed by atoms with Gasteiger partial charge < -0.3 is 0 Å². The fraction of sp³-hybridized carbons (Fsp3) is 0.975. The van der Waals surface area contributed by atoms with Crippen molar-refractivity contribution in [2.45, 2.75) is 239 Å². The summed E-state index contributed by atoms with van der Waals surface area (Å²) >= 11 is -1.53. The molecule has 0 saturated heterocycles. The van der Waals surface area contributed by atoms with E-state index < -0.39 is 13.5 Å². The molecule has 0 aliphatic heterocycles. The van der Waals surface area contributed by atoms with Gasteiger partial charge in [0.2, 0.25) is 0 Å². The summed E-state index contributed by atoms with van der Waals surface area (Å²) in [5.74, 6) is 0. The molecular formula is C40H74Cl2OP2Ru. The van der Waals surface area contributed by atoms with E-state index in [9.17, 15) is 0 Å². The Morgan fingerprint density at radius 3 is 0.804 bits per heavy atom. The zero-order valence-corrected chi connectivity index (χ0v) is 34.9. The van der Waals surface area contributed by atoms with Gasteiger partial charge in [0.1, 0.15) is 0 Å². The molecule has 0 spiro atoms. The minimum atomic E-state index is -1.53. The van der Waals surface area contributed by atoms with E-state index in [1.165, 1.54) is 72.5 Å². The molecule has 0 aromatic heterocycles. The zero-order chi connectivity index (χ0) is 32.2. The summed E-state index contributed by atoms with van der Waals surface area (Å²) in [6, 6.07) is 0. The van der Waals surface area contributed by atoms with Crippen molar-refractivity contribution in [2.75, 3.05) is 6.61 Å². The van der Waals surface area contributed by atoms with E-state index >= 15 is 0 Å². The van der Waals surface area contributed by atoms with Crippen LogP contribution < -0.4 is 0 Å². The first-order chi connectivity index (χ1) is 22.7. The van der Waals surface area contributed by atoms with Gasteiger partial charge in [0.25, 0.3) is 0 Å². The van der Waals surface area contributed by atoms with Crippen molar-refractivity contribution >= 4 is 39.8 Å². The summed E-state index contributed by atoms with van der Waals surface area (Å²) in [7, 11) is 11.7. The Hall–Kier alpha value is 1.89. The summed E-state index contributed by atoms with van der Waals surface area (Å²) in [4.78, 5) is 0. The second-order valence-electron chi connectivity index (χ2n) is 15.9. The van der Waals surface area contributed by atoms with Crippen LogP contribution in [0.3, 0.4) is 0 Å². The Morgan fingerprint density at radius 1 is 0.413 bits per heavy atom. The summed E-state index contributed by atoms with van der Waals surface area (Å²) in [6.45, 7) is 0.228. The predicted molar refractivity (Wildman–Crippen MR) is 209 cm³/mol. The number of aliphatic hydroxyl groups is 1. The summed E-state index contributed by atoms with van der Waals surface area (Å²) in [5, 5.41) is 8.29. The Labute approximate surface area is 302 Å². The number of aliphatic hydroxyl groups excluding tert-OH is 1. The van der Waals surface area contributed by atoms with Gasteiger partial charge in [0.05, 0.1) is 0 Å². The van der Waals surface area contributed by atoms with E-state index in [4.69, 9.17) is 24.5 Å². The van der Waals surface area contributed by atoms with Crippen LogP contribution in [0.4, 0.5) is 0 Å². The molecule has 0 radical (unpaired) electrons. The molecule has 0 amide bonds. The summed E-state index contributed by atoms with van der Waals surface area (Å²) < 4.78 is 1.89. The Kier molecular flexibility index (Phi) is 22.1. The van der Waals surface area contributed by atoms with E-state index in [2.05, 4.69) is 0 Å². The van der Waals surface area contributed by atoms with Crippen molar-refractivity contribution in [1.82, 2.24) is 0 Å². The van der Waals surface area contributed by atoms with Crippen LogP contribution in [0.5, 0.6) is 0 Å². The van der Waals surface area contributed by atoms with Crippen molar-refractivity contribution in [2.24, 2.45) is 0 Å². The van der Waals surface area contributed by atoms with E-state index in [1.54, 1.807) is 154 Å². The number of rotatable bonds is 9. The molecule has 272 valence electrons. The van der Waals surface area contributed by atoms with Gasteiger partial charge in [-0.1, -0.05) is 131 Å². The third-order valence-electron chi connectivity index (χ3n) is 12.6. The monoisotopic (exact) mass is 804 g/mol. The summed E-state index contributed by atoms with van der Waals surface area (Å²) in [6.07, 6.45) is 48.9. The Bertz CT molecular complexity index is 635. The van der Waals surface area contributed by atoms with E-state index in [-0.39, 0.29) is 6.61 Å². The standard InChI is InChI=1S/2C18H33P.C4H8O.2ClH.Ru/c2*1-4-10-16(11-5-1)19(17-12-6-2-7-13-17)18-14-8-3-9-15-18;1-2-3-4-5;;;/h2*16-18H,1-15H2;1,5H,2-4H2;2*1H;/q;;;;;+2/p-2. The molecule has 6 rings (SSSR count). The molecule has 0 bridgehead atoms. The third kappa shape index (κ3) is 14.9. The topological polar surface area (TPSA) is 20.2 Å². The maximum absolute atomic E-state index is 8.29. The van der Waals surface area contributed by atoms with Crippen LogP contribution in [-0.2, 0) is 13.5 Å². The molecule has 6 saturated carbocycles. The van der Waals surface area contributed by atoms with Crippen LogP contribution in [0.25, 0.3) is 0 Å². The van der Waals surface area contributed by atoms with Gasteiger partial charge in [-0.3, -0.25) is 0 Å². The molecule has 0 aromatic carbocycles. The molecule has 6 aliphatic rings. The van der Waals surface area contributed by atoms with Crippen LogP contribution in [-0.4, -0.2) is 50.3 Å². The van der Waals surface area contributed by atoms with Crippen molar-refractivity contribution in [3.63, 3.8) is 0 Å². The summed E-state index contributed by atoms with van der Waals surface area (Å²) in [5.41, 5.74) is 7.14. The van der Waals surface area contributed by atoms with Gasteiger partial charge in [0.15, 0.2) is 0 Å². The maximum atomic E-state index is 8.29. The first kappa shape index (κ1) is 40.7. The van der Waals surface area contributed by atoms with Crippen molar-refractivity contribution in [3.8, 4) is 0 Å². The SMILES string of the molecule is C1CCC(P(C2CCCCC2)C2CCCCC2)CC1.C1CCC(P(C2CCCCC2)C2CCCCC2)CC1.OCCC[CH]=[Ru]([Cl])[Cl]. The number of hydrogen-bond acceptors (Lipinski definition) is 1. The number of hydrogen-bond donors (Lipinski definition) is 1. The van der Waals surface area contributed by atoms with E-state index in [0.29, 0.717) is 15.8 Å².